The zero-order valence-electron chi connectivity index (χ0n) is 14.7. The maximum absolute atomic E-state index is 14.1. The third-order valence-corrected chi connectivity index (χ3v) is 5.16. The minimum Gasteiger partial charge on any atom is -0.455 e. The van der Waals surface area contributed by atoms with Gasteiger partial charge in [0.1, 0.15) is 28.9 Å². The van der Waals surface area contributed by atoms with Gasteiger partial charge >= 0.3 is 0 Å². The van der Waals surface area contributed by atoms with E-state index in [9.17, 15) is 9.65 Å². The molecule has 27 heavy (non-hydrogen) atoms. The van der Waals surface area contributed by atoms with Crippen molar-refractivity contribution >= 4 is 26.8 Å². The van der Waals surface area contributed by atoms with Gasteiger partial charge in [0.05, 0.1) is 17.1 Å². The number of fused-ring (bicyclic) bond motifs is 1. The average Bonchev–Trinajstić information content (AvgIpc) is 3.09. The first-order valence-electron chi connectivity index (χ1n) is 8.74. The van der Waals surface area contributed by atoms with E-state index in [0.29, 0.717) is 10.2 Å². The molecule has 138 valence electrons. The Labute approximate surface area is 164 Å². The van der Waals surface area contributed by atoms with Crippen LogP contribution in [0.1, 0.15) is 36.6 Å². The van der Waals surface area contributed by atoms with Gasteiger partial charge in [-0.15, -0.1) is 0 Å². The molecule has 7 heteroatoms. The summed E-state index contributed by atoms with van der Waals surface area (Å²) in [6.07, 6.45) is 4.72. The summed E-state index contributed by atoms with van der Waals surface area (Å²) in [5, 5.41) is 14.6. The number of hydrogen-bond acceptors (Lipinski definition) is 4. The number of hydrogen-bond donors (Lipinski definition) is 0. The van der Waals surface area contributed by atoms with E-state index in [-0.39, 0.29) is 17.5 Å². The Morgan fingerprint density at radius 3 is 2.96 bits per heavy atom. The van der Waals surface area contributed by atoms with E-state index in [1.165, 1.54) is 6.07 Å². The van der Waals surface area contributed by atoms with Gasteiger partial charge in [-0.1, -0.05) is 22.0 Å². The second kappa shape index (κ2) is 7.29. The van der Waals surface area contributed by atoms with Crippen molar-refractivity contribution in [1.29, 1.82) is 5.26 Å². The molecule has 0 amide bonds. The predicted molar refractivity (Wildman–Crippen MR) is 102 cm³/mol. The van der Waals surface area contributed by atoms with Crippen LogP contribution in [0.3, 0.4) is 0 Å². The van der Waals surface area contributed by atoms with Crippen LogP contribution in [0.4, 0.5) is 4.39 Å². The fourth-order valence-corrected chi connectivity index (χ4v) is 3.74. The van der Waals surface area contributed by atoms with Crippen LogP contribution in [0.2, 0.25) is 0 Å². The van der Waals surface area contributed by atoms with Gasteiger partial charge in [-0.2, -0.15) is 10.4 Å². The Hall–Kier alpha value is -2.43. The second-order valence-electron chi connectivity index (χ2n) is 6.53. The van der Waals surface area contributed by atoms with Crippen LogP contribution in [0.25, 0.3) is 10.9 Å². The van der Waals surface area contributed by atoms with Crippen molar-refractivity contribution in [3.8, 4) is 17.6 Å². The number of rotatable bonds is 3. The molecular weight excluding hydrogens is 413 g/mol. The van der Waals surface area contributed by atoms with Crippen molar-refractivity contribution in [3.05, 3.63) is 51.9 Å². The second-order valence-corrected chi connectivity index (χ2v) is 7.45. The molecule has 1 aromatic heterocycles. The van der Waals surface area contributed by atoms with Gasteiger partial charge in [-0.25, -0.2) is 9.07 Å². The molecule has 2 aromatic carbocycles. The Morgan fingerprint density at radius 2 is 2.22 bits per heavy atom. The molecule has 0 spiro atoms. The minimum atomic E-state index is -0.627. The van der Waals surface area contributed by atoms with Gasteiger partial charge in [0, 0.05) is 11.1 Å². The molecule has 1 aliphatic rings. The van der Waals surface area contributed by atoms with Crippen molar-refractivity contribution in [1.82, 2.24) is 9.78 Å². The van der Waals surface area contributed by atoms with E-state index < -0.39 is 5.82 Å². The summed E-state index contributed by atoms with van der Waals surface area (Å²) in [7, 11) is 0. The maximum atomic E-state index is 14.1. The lowest BCUT2D eigenvalue weighted by atomic mass is 10.1. The summed E-state index contributed by atoms with van der Waals surface area (Å²) < 4.78 is 28.4. The van der Waals surface area contributed by atoms with Gasteiger partial charge in [0.15, 0.2) is 6.23 Å². The molecule has 1 aliphatic heterocycles. The Morgan fingerprint density at radius 1 is 1.37 bits per heavy atom. The molecule has 0 saturated carbocycles. The molecule has 1 unspecified atom stereocenters. The number of ether oxygens (including phenoxy) is 2. The summed E-state index contributed by atoms with van der Waals surface area (Å²) >= 11 is 3.25. The van der Waals surface area contributed by atoms with Crippen molar-refractivity contribution in [3.63, 3.8) is 0 Å². The zero-order valence-corrected chi connectivity index (χ0v) is 16.3. The molecule has 3 aromatic rings. The van der Waals surface area contributed by atoms with Crippen LogP contribution in [0.5, 0.6) is 11.5 Å². The van der Waals surface area contributed by atoms with Crippen LogP contribution in [0, 0.1) is 24.1 Å². The van der Waals surface area contributed by atoms with E-state index in [0.717, 1.165) is 42.3 Å². The number of benzene rings is 2. The number of nitriles is 1. The molecular formula is C20H17BrFN3O2. The summed E-state index contributed by atoms with van der Waals surface area (Å²) in [6, 6.07) is 8.62. The number of halogens is 2. The lowest BCUT2D eigenvalue weighted by Crippen LogP contribution is -2.18. The molecule has 1 saturated heterocycles. The normalized spacial score (nSPS) is 17.0. The lowest BCUT2D eigenvalue weighted by molar-refractivity contribution is -0.0366. The van der Waals surface area contributed by atoms with E-state index >= 15 is 0 Å². The molecule has 5 nitrogen and oxygen atoms in total. The van der Waals surface area contributed by atoms with E-state index in [1.54, 1.807) is 12.3 Å². The van der Waals surface area contributed by atoms with Crippen molar-refractivity contribution in [2.75, 3.05) is 6.61 Å². The molecule has 2 heterocycles. The van der Waals surface area contributed by atoms with Crippen molar-refractivity contribution in [2.24, 2.45) is 0 Å². The van der Waals surface area contributed by atoms with E-state index in [1.807, 2.05) is 29.8 Å². The number of aromatic nitrogens is 2. The highest BCUT2D eigenvalue weighted by Gasteiger charge is 2.21. The summed E-state index contributed by atoms with van der Waals surface area (Å²) in [5.41, 5.74) is 1.63. The van der Waals surface area contributed by atoms with Crippen molar-refractivity contribution in [2.45, 2.75) is 32.4 Å². The fraction of sp³-hybridized carbons (Fsp3) is 0.300. The Balaban J connectivity index is 1.80. The number of aryl methyl sites for hydroxylation is 1. The van der Waals surface area contributed by atoms with Gasteiger partial charge in [-0.3, -0.25) is 0 Å². The average molecular weight is 430 g/mol. The molecule has 0 bridgehead atoms. The highest BCUT2D eigenvalue weighted by molar-refractivity contribution is 9.10. The quantitative estimate of drug-likeness (QED) is 0.542. The summed E-state index contributed by atoms with van der Waals surface area (Å²) in [6.45, 7) is 2.63. The largest absolute Gasteiger partial charge is 0.455 e. The molecule has 4 rings (SSSR count). The van der Waals surface area contributed by atoms with Crippen LogP contribution < -0.4 is 4.74 Å². The Bertz CT molecular complexity index is 1050. The highest BCUT2D eigenvalue weighted by Crippen LogP contribution is 2.38. The standard InChI is InChI=1S/C20H17BrFN3O2/c1-12-5-6-17-15(11-24-25(17)19-4-2-3-7-26-19)20(12)27-18-9-13(21)8-16(22)14(18)10-23/h5-6,8-9,11,19H,2-4,7H2,1H3. The lowest BCUT2D eigenvalue weighted by Gasteiger charge is -2.23. The third kappa shape index (κ3) is 3.31. The molecule has 0 N–H and O–H groups in total. The van der Waals surface area contributed by atoms with Gasteiger partial charge in [-0.05, 0) is 49.9 Å². The van der Waals surface area contributed by atoms with Crippen molar-refractivity contribution < 1.29 is 13.9 Å². The van der Waals surface area contributed by atoms with Crippen LogP contribution >= 0.6 is 15.9 Å². The monoisotopic (exact) mass is 429 g/mol. The molecule has 0 aliphatic carbocycles. The van der Waals surface area contributed by atoms with Gasteiger partial charge in [0.25, 0.3) is 0 Å². The first-order valence-corrected chi connectivity index (χ1v) is 9.53. The van der Waals surface area contributed by atoms with E-state index in [4.69, 9.17) is 9.47 Å². The van der Waals surface area contributed by atoms with Crippen LogP contribution in [-0.2, 0) is 4.74 Å². The zero-order chi connectivity index (χ0) is 19.0. The molecule has 1 atom stereocenters. The van der Waals surface area contributed by atoms with Gasteiger partial charge in [0.2, 0.25) is 0 Å². The molecule has 0 radical (unpaired) electrons. The smallest absolute Gasteiger partial charge is 0.150 e. The molecule has 1 fully saturated rings. The Kier molecular flexibility index (Phi) is 4.85. The summed E-state index contributed by atoms with van der Waals surface area (Å²) in [4.78, 5) is 0. The van der Waals surface area contributed by atoms with Crippen LogP contribution in [0.15, 0.2) is 34.9 Å². The number of nitrogens with zero attached hydrogens (tertiary/aromatic N) is 3. The topological polar surface area (TPSA) is 60.1 Å². The van der Waals surface area contributed by atoms with Crippen LogP contribution in [-0.4, -0.2) is 16.4 Å². The SMILES string of the molecule is Cc1ccc2c(cnn2C2CCCCO2)c1Oc1cc(Br)cc(F)c1C#N. The predicted octanol–water partition coefficient (Wildman–Crippen LogP) is 5.61. The van der Waals surface area contributed by atoms with Gasteiger partial charge < -0.3 is 9.47 Å². The fourth-order valence-electron chi connectivity index (χ4n) is 3.34. The minimum absolute atomic E-state index is 0.0928. The summed E-state index contributed by atoms with van der Waals surface area (Å²) in [5.74, 6) is 0.100. The maximum Gasteiger partial charge on any atom is 0.150 e. The first-order chi connectivity index (χ1) is 13.1. The third-order valence-electron chi connectivity index (χ3n) is 4.70. The van der Waals surface area contributed by atoms with E-state index in [2.05, 4.69) is 21.0 Å². The first kappa shape index (κ1) is 18.0. The highest BCUT2D eigenvalue weighted by atomic mass is 79.9.